The van der Waals surface area contributed by atoms with Crippen LogP contribution < -0.4 is 0 Å². The van der Waals surface area contributed by atoms with Gasteiger partial charge >= 0.3 is 5.97 Å². The standard InChI is InChI=1S/C6H9NO2/c1-2-4-7-5-3-6(8)9/h2,5H,1,3-4H2,(H,8,9). The quantitative estimate of drug-likeness (QED) is 0.446. The SMILES string of the molecule is C=CCN=CCC(=O)O. The Bertz CT molecular complexity index is 129. The Morgan fingerprint density at radius 3 is 2.89 bits per heavy atom. The number of hydrogen-bond donors (Lipinski definition) is 1. The molecular weight excluding hydrogens is 118 g/mol. The molecule has 3 heteroatoms. The van der Waals surface area contributed by atoms with Crippen molar-refractivity contribution in [3.8, 4) is 0 Å². The van der Waals surface area contributed by atoms with Crippen LogP contribution in [0.3, 0.4) is 0 Å². The van der Waals surface area contributed by atoms with Gasteiger partial charge in [0.1, 0.15) is 0 Å². The molecule has 0 aliphatic carbocycles. The zero-order valence-electron chi connectivity index (χ0n) is 5.08. The van der Waals surface area contributed by atoms with Gasteiger partial charge in [0, 0.05) is 6.21 Å². The predicted molar refractivity (Wildman–Crippen MR) is 35.8 cm³/mol. The summed E-state index contributed by atoms with van der Waals surface area (Å²) in [6, 6.07) is 0. The first-order chi connectivity index (χ1) is 4.27. The fourth-order valence-corrected chi connectivity index (χ4v) is 0.292. The van der Waals surface area contributed by atoms with Gasteiger partial charge in [0.2, 0.25) is 0 Å². The highest BCUT2D eigenvalue weighted by Gasteiger charge is 1.87. The maximum atomic E-state index is 9.85. The van der Waals surface area contributed by atoms with Crippen LogP contribution >= 0.6 is 0 Å². The van der Waals surface area contributed by atoms with Crippen molar-refractivity contribution in [2.75, 3.05) is 6.54 Å². The maximum Gasteiger partial charge on any atom is 0.308 e. The van der Waals surface area contributed by atoms with Gasteiger partial charge in [-0.25, -0.2) is 0 Å². The van der Waals surface area contributed by atoms with E-state index in [-0.39, 0.29) is 6.42 Å². The topological polar surface area (TPSA) is 49.7 Å². The van der Waals surface area contributed by atoms with Crippen LogP contribution in [0.25, 0.3) is 0 Å². The lowest BCUT2D eigenvalue weighted by Crippen LogP contribution is -1.94. The fraction of sp³-hybridized carbons (Fsp3) is 0.333. The minimum absolute atomic E-state index is 0.00611. The van der Waals surface area contributed by atoms with Crippen LogP contribution in [-0.4, -0.2) is 23.8 Å². The number of carboxylic acid groups (broad SMARTS) is 1. The van der Waals surface area contributed by atoms with Gasteiger partial charge < -0.3 is 5.11 Å². The average Bonchev–Trinajstić information content (AvgIpc) is 1.80. The van der Waals surface area contributed by atoms with Gasteiger partial charge in [0.05, 0.1) is 13.0 Å². The Morgan fingerprint density at radius 2 is 2.44 bits per heavy atom. The smallest absolute Gasteiger partial charge is 0.308 e. The Labute approximate surface area is 53.7 Å². The lowest BCUT2D eigenvalue weighted by molar-refractivity contribution is -0.135. The largest absolute Gasteiger partial charge is 0.481 e. The molecule has 0 atom stereocenters. The first kappa shape index (κ1) is 7.88. The van der Waals surface area contributed by atoms with E-state index in [0.29, 0.717) is 6.54 Å². The van der Waals surface area contributed by atoms with Gasteiger partial charge in [-0.2, -0.15) is 0 Å². The molecule has 1 N–H and O–H groups in total. The number of aliphatic carboxylic acids is 1. The summed E-state index contributed by atoms with van der Waals surface area (Å²) in [4.78, 5) is 13.6. The summed E-state index contributed by atoms with van der Waals surface area (Å²) in [5.41, 5.74) is 0. The summed E-state index contributed by atoms with van der Waals surface area (Å²) in [6.07, 6.45) is 2.97. The molecule has 0 aliphatic rings. The van der Waals surface area contributed by atoms with Gasteiger partial charge in [-0.3, -0.25) is 9.79 Å². The molecule has 0 aliphatic heterocycles. The van der Waals surface area contributed by atoms with E-state index in [4.69, 9.17) is 5.11 Å². The van der Waals surface area contributed by atoms with Gasteiger partial charge in [0.25, 0.3) is 0 Å². The highest BCUT2D eigenvalue weighted by Crippen LogP contribution is 1.74. The summed E-state index contributed by atoms with van der Waals surface area (Å²) < 4.78 is 0. The summed E-state index contributed by atoms with van der Waals surface area (Å²) in [5, 5.41) is 8.10. The lowest BCUT2D eigenvalue weighted by Gasteiger charge is -1.81. The second kappa shape index (κ2) is 5.03. The molecule has 9 heavy (non-hydrogen) atoms. The van der Waals surface area contributed by atoms with Gasteiger partial charge in [0.15, 0.2) is 0 Å². The zero-order valence-corrected chi connectivity index (χ0v) is 5.08. The van der Waals surface area contributed by atoms with Crippen LogP contribution in [0.2, 0.25) is 0 Å². The number of hydrogen-bond acceptors (Lipinski definition) is 2. The van der Waals surface area contributed by atoms with E-state index in [2.05, 4.69) is 11.6 Å². The minimum Gasteiger partial charge on any atom is -0.481 e. The molecule has 0 radical (unpaired) electrons. The van der Waals surface area contributed by atoms with E-state index in [9.17, 15) is 4.79 Å². The molecule has 0 rings (SSSR count). The Morgan fingerprint density at radius 1 is 1.78 bits per heavy atom. The minimum atomic E-state index is -0.859. The third-order valence-electron chi connectivity index (χ3n) is 0.630. The van der Waals surface area contributed by atoms with Crippen LogP contribution in [0.15, 0.2) is 17.6 Å². The van der Waals surface area contributed by atoms with Crippen LogP contribution in [0.5, 0.6) is 0 Å². The van der Waals surface area contributed by atoms with E-state index in [1.165, 1.54) is 6.21 Å². The molecule has 0 spiro atoms. The fourth-order valence-electron chi connectivity index (χ4n) is 0.292. The monoisotopic (exact) mass is 127 g/mol. The number of rotatable bonds is 4. The van der Waals surface area contributed by atoms with E-state index < -0.39 is 5.97 Å². The van der Waals surface area contributed by atoms with Crippen molar-refractivity contribution in [1.29, 1.82) is 0 Å². The van der Waals surface area contributed by atoms with Crippen molar-refractivity contribution in [2.24, 2.45) is 4.99 Å². The second-order valence-corrected chi connectivity index (χ2v) is 1.43. The molecule has 0 saturated heterocycles. The summed E-state index contributed by atoms with van der Waals surface area (Å²) in [5.74, 6) is -0.859. The van der Waals surface area contributed by atoms with Crippen molar-refractivity contribution in [3.63, 3.8) is 0 Å². The molecule has 50 valence electrons. The van der Waals surface area contributed by atoms with Crippen LogP contribution in [-0.2, 0) is 4.79 Å². The molecular formula is C6H9NO2. The van der Waals surface area contributed by atoms with Crippen molar-refractivity contribution >= 4 is 12.2 Å². The molecule has 0 amide bonds. The third-order valence-corrected chi connectivity index (χ3v) is 0.630. The van der Waals surface area contributed by atoms with Crippen molar-refractivity contribution in [1.82, 2.24) is 0 Å². The average molecular weight is 127 g/mol. The van der Waals surface area contributed by atoms with Crippen molar-refractivity contribution in [2.45, 2.75) is 6.42 Å². The van der Waals surface area contributed by atoms with Gasteiger partial charge in [-0.15, -0.1) is 6.58 Å². The highest BCUT2D eigenvalue weighted by atomic mass is 16.4. The maximum absolute atomic E-state index is 9.85. The third kappa shape index (κ3) is 6.88. The van der Waals surface area contributed by atoms with Crippen LogP contribution in [0, 0.1) is 0 Å². The Balaban J connectivity index is 3.24. The summed E-state index contributed by atoms with van der Waals surface area (Å²) >= 11 is 0. The summed E-state index contributed by atoms with van der Waals surface area (Å²) in [7, 11) is 0. The summed E-state index contributed by atoms with van der Waals surface area (Å²) in [6.45, 7) is 3.91. The first-order valence-corrected chi connectivity index (χ1v) is 2.58. The van der Waals surface area contributed by atoms with E-state index in [0.717, 1.165) is 0 Å². The molecule has 0 unspecified atom stereocenters. The molecule has 0 bridgehead atoms. The lowest BCUT2D eigenvalue weighted by atomic mass is 10.5. The zero-order chi connectivity index (χ0) is 7.11. The molecule has 0 aromatic rings. The Kier molecular flexibility index (Phi) is 4.40. The van der Waals surface area contributed by atoms with Crippen LogP contribution in [0.1, 0.15) is 6.42 Å². The number of carboxylic acids is 1. The molecule has 3 nitrogen and oxygen atoms in total. The number of carbonyl (C=O) groups is 1. The van der Waals surface area contributed by atoms with Crippen LogP contribution in [0.4, 0.5) is 0 Å². The van der Waals surface area contributed by atoms with Crippen molar-refractivity contribution in [3.05, 3.63) is 12.7 Å². The predicted octanol–water partition coefficient (Wildman–Crippen LogP) is 0.718. The van der Waals surface area contributed by atoms with Crippen molar-refractivity contribution < 1.29 is 9.90 Å². The van der Waals surface area contributed by atoms with E-state index >= 15 is 0 Å². The number of nitrogens with zero attached hydrogens (tertiary/aromatic N) is 1. The van der Waals surface area contributed by atoms with E-state index in [1.54, 1.807) is 6.08 Å². The normalized spacial score (nSPS) is 9.78. The molecule has 0 heterocycles. The molecule has 0 saturated carbocycles. The van der Waals surface area contributed by atoms with E-state index in [1.807, 2.05) is 0 Å². The second-order valence-electron chi connectivity index (χ2n) is 1.43. The number of aliphatic imine (C=N–C) groups is 1. The van der Waals surface area contributed by atoms with Gasteiger partial charge in [-0.05, 0) is 0 Å². The molecule has 0 aromatic heterocycles. The highest BCUT2D eigenvalue weighted by molar-refractivity contribution is 5.84. The molecule has 0 fully saturated rings. The first-order valence-electron chi connectivity index (χ1n) is 2.58. The van der Waals surface area contributed by atoms with Gasteiger partial charge in [-0.1, -0.05) is 6.08 Å². The molecule has 0 aromatic carbocycles. The Hall–Kier alpha value is -1.12.